The molecular formula is C21H18N4O3. The number of carbonyl (C=O) groups excluding carboxylic acids is 1. The summed E-state index contributed by atoms with van der Waals surface area (Å²) in [5.74, 6) is -0.440. The van der Waals surface area contributed by atoms with Gasteiger partial charge in [-0.05, 0) is 35.2 Å². The zero-order chi connectivity index (χ0) is 20.1. The van der Waals surface area contributed by atoms with Crippen LogP contribution >= 0.6 is 0 Å². The highest BCUT2D eigenvalue weighted by Gasteiger charge is 2.38. The molecule has 7 nitrogen and oxygen atoms in total. The van der Waals surface area contributed by atoms with Gasteiger partial charge in [-0.1, -0.05) is 36.4 Å². The first-order valence-corrected chi connectivity index (χ1v) is 8.81. The summed E-state index contributed by atoms with van der Waals surface area (Å²) >= 11 is 0. The van der Waals surface area contributed by atoms with Gasteiger partial charge >= 0.3 is 6.09 Å². The summed E-state index contributed by atoms with van der Waals surface area (Å²) in [5, 5.41) is 30.0. The van der Waals surface area contributed by atoms with Crippen molar-refractivity contribution in [2.24, 2.45) is 0 Å². The van der Waals surface area contributed by atoms with Crippen LogP contribution in [0, 0.1) is 22.7 Å². The summed E-state index contributed by atoms with van der Waals surface area (Å²) in [6.07, 6.45) is -0.344. The van der Waals surface area contributed by atoms with E-state index < -0.39 is 24.1 Å². The van der Waals surface area contributed by atoms with Crippen molar-refractivity contribution >= 4 is 12.0 Å². The number of carbonyl (C=O) groups is 2. The van der Waals surface area contributed by atoms with E-state index in [-0.39, 0.29) is 0 Å². The van der Waals surface area contributed by atoms with Gasteiger partial charge in [0, 0.05) is 13.0 Å². The normalized spacial score (nSPS) is 16.2. The second-order valence-corrected chi connectivity index (χ2v) is 6.56. The van der Waals surface area contributed by atoms with Gasteiger partial charge in [0.1, 0.15) is 12.1 Å². The summed E-state index contributed by atoms with van der Waals surface area (Å²) in [6, 6.07) is 17.5. The number of amides is 2. The number of nitrogens with one attached hydrogen (secondary N) is 1. The molecule has 0 bridgehead atoms. The molecule has 0 aliphatic carbocycles. The predicted molar refractivity (Wildman–Crippen MR) is 101 cm³/mol. The van der Waals surface area contributed by atoms with Gasteiger partial charge in [0.2, 0.25) is 5.91 Å². The predicted octanol–water partition coefficient (Wildman–Crippen LogP) is 2.53. The molecule has 1 aliphatic rings. The van der Waals surface area contributed by atoms with E-state index in [4.69, 9.17) is 10.4 Å². The first-order valence-electron chi connectivity index (χ1n) is 8.81. The van der Waals surface area contributed by atoms with Gasteiger partial charge in [-0.25, -0.2) is 4.79 Å². The van der Waals surface area contributed by atoms with Crippen molar-refractivity contribution in [3.8, 4) is 23.3 Å². The summed E-state index contributed by atoms with van der Waals surface area (Å²) in [4.78, 5) is 24.3. The highest BCUT2D eigenvalue weighted by atomic mass is 16.4. The summed E-state index contributed by atoms with van der Waals surface area (Å²) in [6.45, 7) is 0.332. The molecule has 2 amide bonds. The first kappa shape index (κ1) is 18.9. The first-order chi connectivity index (χ1) is 13.5. The molecule has 3 rings (SSSR count). The monoisotopic (exact) mass is 374 g/mol. The maximum Gasteiger partial charge on any atom is 0.407 e. The minimum atomic E-state index is -1.13. The van der Waals surface area contributed by atoms with E-state index in [1.165, 1.54) is 0 Å². The summed E-state index contributed by atoms with van der Waals surface area (Å²) in [7, 11) is 0. The minimum Gasteiger partial charge on any atom is -0.465 e. The largest absolute Gasteiger partial charge is 0.465 e. The third-order valence-electron chi connectivity index (χ3n) is 4.76. The smallest absolute Gasteiger partial charge is 0.407 e. The number of likely N-dealkylation sites (tertiary alicyclic amines) is 1. The van der Waals surface area contributed by atoms with Crippen molar-refractivity contribution in [1.82, 2.24) is 10.2 Å². The van der Waals surface area contributed by atoms with Crippen molar-refractivity contribution in [2.45, 2.75) is 24.9 Å². The number of nitrogens with zero attached hydrogens (tertiary/aromatic N) is 3. The molecule has 0 saturated carbocycles. The van der Waals surface area contributed by atoms with Crippen molar-refractivity contribution in [3.05, 3.63) is 59.7 Å². The molecule has 1 aliphatic heterocycles. The molecule has 2 aromatic rings. The second-order valence-electron chi connectivity index (χ2n) is 6.56. The summed E-state index contributed by atoms with van der Waals surface area (Å²) in [5.41, 5.74) is 3.33. The van der Waals surface area contributed by atoms with Crippen LogP contribution in [0.5, 0.6) is 0 Å². The van der Waals surface area contributed by atoms with E-state index in [1.807, 2.05) is 36.4 Å². The number of hydrogen-bond donors (Lipinski definition) is 2. The molecule has 1 saturated heterocycles. The molecule has 1 fully saturated rings. The quantitative estimate of drug-likeness (QED) is 0.834. The Balaban J connectivity index is 1.64. The average Bonchev–Trinajstić information content (AvgIpc) is 2.66. The molecule has 0 spiro atoms. The molecule has 2 aromatic carbocycles. The van der Waals surface area contributed by atoms with Gasteiger partial charge in [0.25, 0.3) is 0 Å². The number of rotatable bonds is 5. The van der Waals surface area contributed by atoms with Gasteiger partial charge in [0.05, 0.1) is 17.7 Å². The van der Waals surface area contributed by atoms with Gasteiger partial charge in [-0.15, -0.1) is 0 Å². The lowest BCUT2D eigenvalue weighted by Gasteiger charge is -2.37. The maximum atomic E-state index is 12.2. The SMILES string of the molecule is N#Cc1cccc(-c2ccc(CC(C#N)NC(=O)C3CCN3C(=O)O)cc2)c1. The van der Waals surface area contributed by atoms with Crippen molar-refractivity contribution < 1.29 is 14.7 Å². The Bertz CT molecular complexity index is 972. The van der Waals surface area contributed by atoms with E-state index in [2.05, 4.69) is 17.5 Å². The average molecular weight is 374 g/mol. The lowest BCUT2D eigenvalue weighted by Crippen LogP contribution is -2.59. The maximum absolute atomic E-state index is 12.2. The number of benzene rings is 2. The molecule has 2 unspecified atom stereocenters. The van der Waals surface area contributed by atoms with E-state index in [0.29, 0.717) is 24.9 Å². The molecule has 1 heterocycles. The van der Waals surface area contributed by atoms with Crippen LogP contribution in [-0.4, -0.2) is 40.6 Å². The van der Waals surface area contributed by atoms with Gasteiger partial charge in [-0.3, -0.25) is 9.69 Å². The highest BCUT2D eigenvalue weighted by Crippen LogP contribution is 2.22. The fourth-order valence-electron chi connectivity index (χ4n) is 3.12. The Kier molecular flexibility index (Phi) is 5.57. The molecule has 140 valence electrons. The Morgan fingerprint density at radius 1 is 1.18 bits per heavy atom. The Labute approximate surface area is 162 Å². The fraction of sp³-hybridized carbons (Fsp3) is 0.238. The van der Waals surface area contributed by atoms with Crippen molar-refractivity contribution in [2.75, 3.05) is 6.54 Å². The molecule has 2 atom stereocenters. The molecule has 28 heavy (non-hydrogen) atoms. The summed E-state index contributed by atoms with van der Waals surface area (Å²) < 4.78 is 0. The van der Waals surface area contributed by atoms with Crippen LogP contribution in [0.1, 0.15) is 17.5 Å². The van der Waals surface area contributed by atoms with Crippen LogP contribution in [0.3, 0.4) is 0 Å². The van der Waals surface area contributed by atoms with E-state index >= 15 is 0 Å². The molecular weight excluding hydrogens is 356 g/mol. The van der Waals surface area contributed by atoms with Crippen LogP contribution in [0.2, 0.25) is 0 Å². The third-order valence-corrected chi connectivity index (χ3v) is 4.76. The highest BCUT2D eigenvalue weighted by molar-refractivity contribution is 5.87. The molecule has 7 heteroatoms. The Morgan fingerprint density at radius 2 is 1.93 bits per heavy atom. The Morgan fingerprint density at radius 3 is 2.50 bits per heavy atom. The van der Waals surface area contributed by atoms with Crippen LogP contribution < -0.4 is 5.32 Å². The second kappa shape index (κ2) is 8.24. The third kappa shape index (κ3) is 4.11. The zero-order valence-corrected chi connectivity index (χ0v) is 15.0. The van der Waals surface area contributed by atoms with E-state index in [1.54, 1.807) is 12.1 Å². The number of nitriles is 2. The van der Waals surface area contributed by atoms with Crippen LogP contribution in [-0.2, 0) is 11.2 Å². The molecule has 2 N–H and O–H groups in total. The Hall–Kier alpha value is -3.84. The number of hydrogen-bond acceptors (Lipinski definition) is 4. The van der Waals surface area contributed by atoms with Gasteiger partial charge in [0.15, 0.2) is 0 Å². The lowest BCUT2D eigenvalue weighted by atomic mass is 9.99. The van der Waals surface area contributed by atoms with Crippen LogP contribution in [0.4, 0.5) is 4.79 Å². The van der Waals surface area contributed by atoms with Gasteiger partial charge in [-0.2, -0.15) is 10.5 Å². The van der Waals surface area contributed by atoms with Gasteiger partial charge < -0.3 is 10.4 Å². The van der Waals surface area contributed by atoms with Crippen LogP contribution in [0.15, 0.2) is 48.5 Å². The zero-order valence-electron chi connectivity index (χ0n) is 15.0. The van der Waals surface area contributed by atoms with E-state index in [0.717, 1.165) is 21.6 Å². The van der Waals surface area contributed by atoms with Crippen LogP contribution in [0.25, 0.3) is 11.1 Å². The minimum absolute atomic E-state index is 0.320. The molecule has 0 aromatic heterocycles. The topological polar surface area (TPSA) is 117 Å². The standard InChI is InChI=1S/C21H18N4O3/c22-12-15-2-1-3-17(10-15)16-6-4-14(5-7-16)11-18(13-23)24-20(26)19-8-9-25(19)21(27)28/h1-7,10,18-19H,8-9,11H2,(H,24,26)(H,27,28). The van der Waals surface area contributed by atoms with E-state index in [9.17, 15) is 14.9 Å². The van der Waals surface area contributed by atoms with Crippen molar-refractivity contribution in [1.29, 1.82) is 10.5 Å². The lowest BCUT2D eigenvalue weighted by molar-refractivity contribution is -0.129. The molecule has 0 radical (unpaired) electrons. The fourth-order valence-corrected chi connectivity index (χ4v) is 3.12. The number of carboxylic acid groups (broad SMARTS) is 1. The van der Waals surface area contributed by atoms with Crippen molar-refractivity contribution in [3.63, 3.8) is 0 Å².